The van der Waals surface area contributed by atoms with E-state index in [-0.39, 0.29) is 31.8 Å². The molecule has 0 radical (unpaired) electrons. The van der Waals surface area contributed by atoms with E-state index in [1.54, 1.807) is 30.3 Å². The van der Waals surface area contributed by atoms with E-state index in [0.717, 1.165) is 30.4 Å². The Morgan fingerprint density at radius 1 is 0.804 bits per heavy atom. The highest BCUT2D eigenvalue weighted by molar-refractivity contribution is 5.93. The van der Waals surface area contributed by atoms with Gasteiger partial charge in [0.25, 0.3) is 0 Å². The van der Waals surface area contributed by atoms with Gasteiger partial charge in [-0.3, -0.25) is 24.0 Å². The summed E-state index contributed by atoms with van der Waals surface area (Å²) in [6.07, 6.45) is 13.7. The number of unbranched alkanes of at least 4 members (excludes halogenated alkanes) is 10. The van der Waals surface area contributed by atoms with Crippen LogP contribution in [0.15, 0.2) is 48.5 Å². The first kappa shape index (κ1) is 40.7. The smallest absolute Gasteiger partial charge is 0.326 e. The third-order valence-corrected chi connectivity index (χ3v) is 9.11. The molecular weight excluding hydrogens is 650 g/mol. The molecule has 12 heteroatoms. The fraction of sp³-hybridized carbons (Fsp3) is 0.538. The van der Waals surface area contributed by atoms with Crippen LogP contribution in [0, 0.1) is 0 Å². The van der Waals surface area contributed by atoms with Crippen molar-refractivity contribution in [2.24, 2.45) is 0 Å². The van der Waals surface area contributed by atoms with E-state index in [9.17, 15) is 33.9 Å². The number of carboxylic acids is 1. The standard InChI is InChI=1S/C39H55N5O7/c1-3-4-5-6-7-8-9-10-11-12-13-20-33(45)40-22-21-34(46)41-27-36(48)44(2)37-31-19-15-18-30(25-31)29-17-14-16-28(23-29)24-32(39(50)51)43-35(47)26-42-38(37)49/h14-19,23,25,32,37H,3-13,20-22,24,26-27H2,1-2H3,(H,40,45)(H,41,46)(H,42,49)(H,43,47)(H,50,51). The fourth-order valence-electron chi connectivity index (χ4n) is 6.15. The second-order valence-corrected chi connectivity index (χ2v) is 13.3. The third-order valence-electron chi connectivity index (χ3n) is 9.11. The summed E-state index contributed by atoms with van der Waals surface area (Å²) in [6, 6.07) is 12.0. The van der Waals surface area contributed by atoms with Gasteiger partial charge in [-0.05, 0) is 34.7 Å². The lowest BCUT2D eigenvalue weighted by molar-refractivity contribution is -0.142. The van der Waals surface area contributed by atoms with Crippen LogP contribution in [0.1, 0.15) is 108 Å². The second-order valence-electron chi connectivity index (χ2n) is 13.3. The van der Waals surface area contributed by atoms with Crippen molar-refractivity contribution in [3.8, 4) is 11.1 Å². The lowest BCUT2D eigenvalue weighted by atomic mass is 9.95. The highest BCUT2D eigenvalue weighted by Gasteiger charge is 2.30. The largest absolute Gasteiger partial charge is 0.480 e. The summed E-state index contributed by atoms with van der Waals surface area (Å²) in [5.74, 6) is -3.62. The summed E-state index contributed by atoms with van der Waals surface area (Å²) in [5, 5.41) is 20.0. The number of hydrogen-bond donors (Lipinski definition) is 5. The number of likely N-dealkylation sites (N-methyl/N-ethyl adjacent to an activating group) is 1. The quantitative estimate of drug-likeness (QED) is 0.135. The molecule has 51 heavy (non-hydrogen) atoms. The highest BCUT2D eigenvalue weighted by Crippen LogP contribution is 2.27. The zero-order valence-corrected chi connectivity index (χ0v) is 30.1. The molecule has 1 heterocycles. The molecule has 2 unspecified atom stereocenters. The first-order valence-corrected chi connectivity index (χ1v) is 18.4. The van der Waals surface area contributed by atoms with E-state index in [0.29, 0.717) is 17.5 Å². The summed E-state index contributed by atoms with van der Waals surface area (Å²) in [4.78, 5) is 77.2. The van der Waals surface area contributed by atoms with E-state index in [2.05, 4.69) is 28.2 Å². The molecule has 0 saturated heterocycles. The molecule has 1 aliphatic rings. The molecule has 278 valence electrons. The number of carbonyl (C=O) groups excluding carboxylic acids is 5. The van der Waals surface area contributed by atoms with Crippen molar-refractivity contribution in [3.63, 3.8) is 0 Å². The van der Waals surface area contributed by atoms with Crippen LogP contribution in [0.2, 0.25) is 0 Å². The van der Waals surface area contributed by atoms with Crippen LogP contribution < -0.4 is 21.3 Å². The highest BCUT2D eigenvalue weighted by atomic mass is 16.4. The van der Waals surface area contributed by atoms with E-state index >= 15 is 0 Å². The number of carboxylic acid groups (broad SMARTS) is 1. The minimum absolute atomic E-state index is 0.00153. The number of amides is 5. The number of aliphatic carboxylic acids is 1. The van der Waals surface area contributed by atoms with Gasteiger partial charge in [-0.15, -0.1) is 0 Å². The molecule has 12 nitrogen and oxygen atoms in total. The number of fused-ring (bicyclic) bond motifs is 5. The van der Waals surface area contributed by atoms with Gasteiger partial charge in [0, 0.05) is 32.9 Å². The Morgan fingerprint density at radius 3 is 2.08 bits per heavy atom. The second kappa shape index (κ2) is 22.2. The average molecular weight is 706 g/mol. The van der Waals surface area contributed by atoms with Crippen LogP contribution in [0.3, 0.4) is 0 Å². The molecule has 0 spiro atoms. The maximum atomic E-state index is 13.5. The van der Waals surface area contributed by atoms with Crippen LogP contribution in [0.4, 0.5) is 0 Å². The Labute approximate surface area is 301 Å². The van der Waals surface area contributed by atoms with E-state index in [4.69, 9.17) is 0 Å². The zero-order chi connectivity index (χ0) is 37.0. The zero-order valence-electron chi connectivity index (χ0n) is 30.1. The molecule has 4 bridgehead atoms. The Bertz CT molecular complexity index is 1480. The summed E-state index contributed by atoms with van der Waals surface area (Å²) >= 11 is 0. The number of rotatable bonds is 19. The van der Waals surface area contributed by atoms with Crippen molar-refractivity contribution in [3.05, 3.63) is 59.7 Å². The Morgan fingerprint density at radius 2 is 1.41 bits per heavy atom. The van der Waals surface area contributed by atoms with Gasteiger partial charge in [0.1, 0.15) is 12.1 Å². The topological polar surface area (TPSA) is 174 Å². The monoisotopic (exact) mass is 705 g/mol. The van der Waals surface area contributed by atoms with Gasteiger partial charge < -0.3 is 31.3 Å². The van der Waals surface area contributed by atoms with Crippen LogP contribution in [-0.4, -0.2) is 78.2 Å². The first-order chi connectivity index (χ1) is 24.6. The molecule has 0 aliphatic carbocycles. The minimum atomic E-state index is -1.21. The molecule has 5 amide bonds. The van der Waals surface area contributed by atoms with Crippen molar-refractivity contribution in [2.45, 2.75) is 109 Å². The van der Waals surface area contributed by atoms with Gasteiger partial charge in [0.2, 0.25) is 29.5 Å². The maximum absolute atomic E-state index is 13.5. The summed E-state index contributed by atoms with van der Waals surface area (Å²) in [5.41, 5.74) is 2.71. The van der Waals surface area contributed by atoms with E-state index < -0.39 is 48.2 Å². The van der Waals surface area contributed by atoms with Gasteiger partial charge in [0.05, 0.1) is 13.1 Å². The molecule has 2 aromatic rings. The molecule has 0 saturated carbocycles. The normalized spacial score (nSPS) is 15.9. The molecule has 0 fully saturated rings. The minimum Gasteiger partial charge on any atom is -0.480 e. The Balaban J connectivity index is 1.49. The van der Waals surface area contributed by atoms with Crippen molar-refractivity contribution >= 4 is 35.5 Å². The van der Waals surface area contributed by atoms with Crippen LogP contribution in [0.5, 0.6) is 0 Å². The number of nitrogens with one attached hydrogen (secondary N) is 4. The molecule has 3 rings (SSSR count). The van der Waals surface area contributed by atoms with E-state index in [1.807, 2.05) is 18.2 Å². The maximum Gasteiger partial charge on any atom is 0.326 e. The molecule has 2 aromatic carbocycles. The van der Waals surface area contributed by atoms with Gasteiger partial charge >= 0.3 is 5.97 Å². The molecular formula is C39H55N5O7. The van der Waals surface area contributed by atoms with Crippen molar-refractivity contribution in [1.82, 2.24) is 26.2 Å². The SMILES string of the molecule is CCCCCCCCCCCCCC(=O)NCCC(=O)NCC(=O)N(C)C1C(=O)NCC(=O)NC(C(=O)O)Cc2cccc(c2)-c2cccc1c2. The predicted octanol–water partition coefficient (Wildman–Crippen LogP) is 4.42. The van der Waals surface area contributed by atoms with Crippen LogP contribution in [-0.2, 0) is 35.2 Å². The molecule has 1 aliphatic heterocycles. The van der Waals surface area contributed by atoms with Crippen LogP contribution >= 0.6 is 0 Å². The van der Waals surface area contributed by atoms with Gasteiger partial charge in [0.15, 0.2) is 0 Å². The lowest BCUT2D eigenvalue weighted by Gasteiger charge is -2.28. The first-order valence-electron chi connectivity index (χ1n) is 18.4. The van der Waals surface area contributed by atoms with E-state index in [1.165, 1.54) is 63.3 Å². The number of benzene rings is 2. The summed E-state index contributed by atoms with van der Waals surface area (Å²) in [7, 11) is 1.44. The van der Waals surface area contributed by atoms with Gasteiger partial charge in [-0.25, -0.2) is 4.79 Å². The van der Waals surface area contributed by atoms with Crippen molar-refractivity contribution < 1.29 is 33.9 Å². The molecule has 5 N–H and O–H groups in total. The molecule has 0 aromatic heterocycles. The van der Waals surface area contributed by atoms with Crippen molar-refractivity contribution in [1.29, 1.82) is 0 Å². The van der Waals surface area contributed by atoms with Crippen molar-refractivity contribution in [2.75, 3.05) is 26.7 Å². The lowest BCUT2D eigenvalue weighted by Crippen LogP contribution is -2.49. The fourth-order valence-corrected chi connectivity index (χ4v) is 6.15. The summed E-state index contributed by atoms with van der Waals surface area (Å²) in [6.45, 7) is 1.50. The summed E-state index contributed by atoms with van der Waals surface area (Å²) < 4.78 is 0. The predicted molar refractivity (Wildman–Crippen MR) is 195 cm³/mol. The average Bonchev–Trinajstić information content (AvgIpc) is 3.11. The molecule has 2 atom stereocenters. The Kier molecular flexibility index (Phi) is 17.7. The number of nitrogens with zero attached hydrogens (tertiary/aromatic N) is 1. The third kappa shape index (κ3) is 14.6. The van der Waals surface area contributed by atoms with Gasteiger partial charge in [-0.2, -0.15) is 0 Å². The number of hydrogen-bond acceptors (Lipinski definition) is 6. The van der Waals surface area contributed by atoms with Crippen LogP contribution in [0.25, 0.3) is 11.1 Å². The Hall–Kier alpha value is -4.74. The van der Waals surface area contributed by atoms with Gasteiger partial charge in [-0.1, -0.05) is 114 Å². The number of carbonyl (C=O) groups is 6.